The van der Waals surface area contributed by atoms with Gasteiger partial charge in [0.05, 0.1) is 5.02 Å². The largest absolute Gasteiger partial charge is 0.506 e. The minimum atomic E-state index is -0.679. The van der Waals surface area contributed by atoms with Crippen molar-refractivity contribution in [2.75, 3.05) is 0 Å². The molecule has 0 atom stereocenters. The maximum atomic E-state index is 12.6. The molecule has 1 N–H and O–H groups in total. The minimum absolute atomic E-state index is 0.00540. The van der Waals surface area contributed by atoms with Gasteiger partial charge >= 0.3 is 0 Å². The van der Waals surface area contributed by atoms with E-state index in [0.717, 1.165) is 12.1 Å². The van der Waals surface area contributed by atoms with Gasteiger partial charge in [-0.3, -0.25) is 4.79 Å². The first-order valence-electron chi connectivity index (χ1n) is 3.21. The fraction of sp³-hybridized carbons (Fsp3) is 0.125. The maximum absolute atomic E-state index is 12.6. The SMILES string of the molecule is CC(=O)c1cc(F)cc(O)c1Cl. The van der Waals surface area contributed by atoms with E-state index in [1.54, 1.807) is 0 Å². The van der Waals surface area contributed by atoms with Crippen LogP contribution in [0.1, 0.15) is 17.3 Å². The van der Waals surface area contributed by atoms with Crippen molar-refractivity contribution in [3.05, 3.63) is 28.5 Å². The lowest BCUT2D eigenvalue weighted by Crippen LogP contribution is -1.94. The summed E-state index contributed by atoms with van der Waals surface area (Å²) in [5.74, 6) is -1.47. The second-order valence-corrected chi connectivity index (χ2v) is 2.72. The normalized spacial score (nSPS) is 9.92. The second kappa shape index (κ2) is 3.11. The summed E-state index contributed by atoms with van der Waals surface area (Å²) < 4.78 is 12.6. The molecule has 2 nitrogen and oxygen atoms in total. The van der Waals surface area contributed by atoms with Crippen molar-refractivity contribution in [2.24, 2.45) is 0 Å². The number of hydrogen-bond acceptors (Lipinski definition) is 2. The number of aromatic hydroxyl groups is 1. The highest BCUT2D eigenvalue weighted by Crippen LogP contribution is 2.28. The van der Waals surface area contributed by atoms with Crippen LogP contribution in [0.2, 0.25) is 5.02 Å². The van der Waals surface area contributed by atoms with Crippen LogP contribution in [0.5, 0.6) is 5.75 Å². The number of halogens is 2. The topological polar surface area (TPSA) is 37.3 Å². The van der Waals surface area contributed by atoms with E-state index < -0.39 is 11.6 Å². The van der Waals surface area contributed by atoms with Crippen LogP contribution in [-0.2, 0) is 0 Å². The van der Waals surface area contributed by atoms with E-state index in [1.165, 1.54) is 6.92 Å². The molecule has 0 radical (unpaired) electrons. The molecule has 0 fully saturated rings. The van der Waals surface area contributed by atoms with Crippen molar-refractivity contribution in [3.63, 3.8) is 0 Å². The fourth-order valence-corrected chi connectivity index (χ4v) is 1.07. The molecular weight excluding hydrogens is 183 g/mol. The molecule has 0 unspecified atom stereocenters. The molecule has 4 heteroatoms. The van der Waals surface area contributed by atoms with E-state index in [0.29, 0.717) is 0 Å². The number of hydrogen-bond donors (Lipinski definition) is 1. The molecule has 0 aliphatic heterocycles. The molecule has 1 rings (SSSR count). The van der Waals surface area contributed by atoms with Gasteiger partial charge < -0.3 is 5.11 Å². The summed E-state index contributed by atoms with van der Waals surface area (Å²) >= 11 is 5.52. The predicted octanol–water partition coefficient (Wildman–Crippen LogP) is 2.39. The molecule has 0 aliphatic carbocycles. The number of ketones is 1. The van der Waals surface area contributed by atoms with Crippen LogP contribution >= 0.6 is 11.6 Å². The number of carbonyl (C=O) groups is 1. The molecule has 0 aliphatic rings. The monoisotopic (exact) mass is 188 g/mol. The number of phenols is 1. The molecule has 64 valence electrons. The van der Waals surface area contributed by atoms with Gasteiger partial charge in [-0.2, -0.15) is 0 Å². The summed E-state index contributed by atoms with van der Waals surface area (Å²) in [5.41, 5.74) is -0.00540. The van der Waals surface area contributed by atoms with Crippen molar-refractivity contribution < 1.29 is 14.3 Å². The first-order valence-corrected chi connectivity index (χ1v) is 3.59. The van der Waals surface area contributed by atoms with E-state index in [1.807, 2.05) is 0 Å². The molecule has 1 aromatic carbocycles. The Bertz CT molecular complexity index is 336. The number of benzene rings is 1. The fourth-order valence-electron chi connectivity index (χ4n) is 0.831. The van der Waals surface area contributed by atoms with Gasteiger partial charge in [0.2, 0.25) is 0 Å². The number of carbonyl (C=O) groups excluding carboxylic acids is 1. The maximum Gasteiger partial charge on any atom is 0.161 e. The van der Waals surface area contributed by atoms with E-state index in [2.05, 4.69) is 0 Å². The van der Waals surface area contributed by atoms with E-state index >= 15 is 0 Å². The average Bonchev–Trinajstić information content (AvgIpc) is 1.96. The zero-order valence-corrected chi connectivity index (χ0v) is 7.02. The van der Waals surface area contributed by atoms with Gasteiger partial charge in [0, 0.05) is 11.6 Å². The van der Waals surface area contributed by atoms with Gasteiger partial charge in [0.15, 0.2) is 5.78 Å². The summed E-state index contributed by atoms with van der Waals surface area (Å²) in [7, 11) is 0. The number of Topliss-reactive ketones (excluding diaryl/α,β-unsaturated/α-hetero) is 1. The van der Waals surface area contributed by atoms with E-state index in [4.69, 9.17) is 16.7 Å². The lowest BCUT2D eigenvalue weighted by atomic mass is 10.1. The summed E-state index contributed by atoms with van der Waals surface area (Å²) in [6.07, 6.45) is 0. The summed E-state index contributed by atoms with van der Waals surface area (Å²) in [5, 5.41) is 8.90. The van der Waals surface area contributed by atoms with Crippen molar-refractivity contribution >= 4 is 17.4 Å². The van der Waals surface area contributed by atoms with Crippen LogP contribution < -0.4 is 0 Å². The first kappa shape index (κ1) is 9.00. The van der Waals surface area contributed by atoms with Crippen LogP contribution in [-0.4, -0.2) is 10.9 Å². The Morgan fingerprint density at radius 2 is 2.17 bits per heavy atom. The quantitative estimate of drug-likeness (QED) is 0.687. The predicted molar refractivity (Wildman–Crippen MR) is 43.1 cm³/mol. The van der Waals surface area contributed by atoms with Crippen molar-refractivity contribution in [2.45, 2.75) is 6.92 Å². The van der Waals surface area contributed by atoms with Gasteiger partial charge in [-0.1, -0.05) is 11.6 Å². The van der Waals surface area contributed by atoms with E-state index in [-0.39, 0.29) is 16.4 Å². The Labute approximate surface area is 73.6 Å². The molecule has 0 spiro atoms. The van der Waals surface area contributed by atoms with Gasteiger partial charge in [0.1, 0.15) is 11.6 Å². The van der Waals surface area contributed by atoms with Crippen LogP contribution in [0.25, 0.3) is 0 Å². The lowest BCUT2D eigenvalue weighted by Gasteiger charge is -2.01. The zero-order valence-electron chi connectivity index (χ0n) is 6.27. The Morgan fingerprint density at radius 3 is 2.67 bits per heavy atom. The summed E-state index contributed by atoms with van der Waals surface area (Å²) in [6, 6.07) is 1.85. The Balaban J connectivity index is 3.37. The number of phenolic OH excluding ortho intramolecular Hbond substituents is 1. The molecule has 0 heterocycles. The van der Waals surface area contributed by atoms with Crippen molar-refractivity contribution in [1.29, 1.82) is 0 Å². The molecule has 0 amide bonds. The highest BCUT2D eigenvalue weighted by Gasteiger charge is 2.11. The molecule has 12 heavy (non-hydrogen) atoms. The molecule has 0 bridgehead atoms. The highest BCUT2D eigenvalue weighted by atomic mass is 35.5. The van der Waals surface area contributed by atoms with Crippen molar-refractivity contribution in [3.8, 4) is 5.75 Å². The molecule has 0 saturated carbocycles. The molecule has 0 saturated heterocycles. The van der Waals surface area contributed by atoms with E-state index in [9.17, 15) is 9.18 Å². The van der Waals surface area contributed by atoms with Gasteiger partial charge in [-0.15, -0.1) is 0 Å². The summed E-state index contributed by atoms with van der Waals surface area (Å²) in [6.45, 7) is 1.25. The third-order valence-electron chi connectivity index (χ3n) is 1.40. The third kappa shape index (κ3) is 1.56. The number of rotatable bonds is 1. The third-order valence-corrected chi connectivity index (χ3v) is 1.79. The summed E-state index contributed by atoms with van der Waals surface area (Å²) in [4.78, 5) is 10.8. The van der Waals surface area contributed by atoms with Crippen molar-refractivity contribution in [1.82, 2.24) is 0 Å². The first-order chi connectivity index (χ1) is 5.52. The lowest BCUT2D eigenvalue weighted by molar-refractivity contribution is 0.101. The van der Waals surface area contributed by atoms with Crippen LogP contribution in [0.3, 0.4) is 0 Å². The molecule has 0 aromatic heterocycles. The molecule has 1 aromatic rings. The second-order valence-electron chi connectivity index (χ2n) is 2.34. The van der Waals surface area contributed by atoms with Gasteiger partial charge in [-0.25, -0.2) is 4.39 Å². The highest BCUT2D eigenvalue weighted by molar-refractivity contribution is 6.35. The Hall–Kier alpha value is -1.09. The smallest absolute Gasteiger partial charge is 0.161 e. The zero-order chi connectivity index (χ0) is 9.30. The van der Waals surface area contributed by atoms with Gasteiger partial charge in [0.25, 0.3) is 0 Å². The average molecular weight is 189 g/mol. The molecular formula is C8H6ClFO2. The standard InChI is InChI=1S/C8H6ClFO2/c1-4(11)6-2-5(10)3-7(12)8(6)9/h2-3,12H,1H3. The Kier molecular flexibility index (Phi) is 2.33. The van der Waals surface area contributed by atoms with Crippen LogP contribution in [0.4, 0.5) is 4.39 Å². The Morgan fingerprint density at radius 1 is 1.58 bits per heavy atom. The minimum Gasteiger partial charge on any atom is -0.506 e. The van der Waals surface area contributed by atoms with Crippen LogP contribution in [0.15, 0.2) is 12.1 Å². The van der Waals surface area contributed by atoms with Gasteiger partial charge in [-0.05, 0) is 13.0 Å². The van der Waals surface area contributed by atoms with Crippen LogP contribution in [0, 0.1) is 5.82 Å².